The fourth-order valence-electron chi connectivity index (χ4n) is 4.59. The summed E-state index contributed by atoms with van der Waals surface area (Å²) in [5.74, 6) is 1.71. The monoisotopic (exact) mass is 580 g/mol. The minimum absolute atomic E-state index is 0.0140. The Morgan fingerprint density at radius 1 is 0.976 bits per heavy atom. The van der Waals surface area contributed by atoms with E-state index in [9.17, 15) is 9.59 Å². The SMILES string of the molecule is CCOC(=O)C1=C(C)N=c2s/c(=C\c3ccc(OC(C)C)c(OC)c3)c(=O)n2[C@@H]1c1ccc(OC(C)C)c(OC)c1. The number of allylic oxidation sites excluding steroid dienone is 1. The van der Waals surface area contributed by atoms with Crippen molar-refractivity contribution in [3.63, 3.8) is 0 Å². The summed E-state index contributed by atoms with van der Waals surface area (Å²) in [4.78, 5) is 32.3. The molecule has 0 aliphatic carbocycles. The van der Waals surface area contributed by atoms with Gasteiger partial charge in [0.1, 0.15) is 0 Å². The number of ether oxygens (including phenoxy) is 5. The third kappa shape index (κ3) is 6.32. The van der Waals surface area contributed by atoms with E-state index in [2.05, 4.69) is 4.99 Å². The summed E-state index contributed by atoms with van der Waals surface area (Å²) < 4.78 is 30.2. The van der Waals surface area contributed by atoms with Crippen molar-refractivity contribution in [3.8, 4) is 23.0 Å². The fourth-order valence-corrected chi connectivity index (χ4v) is 5.64. The number of rotatable bonds is 10. The molecule has 2 heterocycles. The number of hydrogen-bond acceptors (Lipinski definition) is 9. The topological polar surface area (TPSA) is 97.6 Å². The van der Waals surface area contributed by atoms with Gasteiger partial charge >= 0.3 is 5.97 Å². The average molecular weight is 581 g/mol. The molecule has 0 unspecified atom stereocenters. The summed E-state index contributed by atoms with van der Waals surface area (Å²) in [6.07, 6.45) is 1.71. The van der Waals surface area contributed by atoms with Crippen LogP contribution in [0.5, 0.6) is 23.0 Å². The summed E-state index contributed by atoms with van der Waals surface area (Å²) in [5, 5.41) is 0. The molecule has 3 aromatic rings. The first kappa shape index (κ1) is 29.9. The lowest BCUT2D eigenvalue weighted by molar-refractivity contribution is -0.139. The number of esters is 1. The van der Waals surface area contributed by atoms with Crippen molar-refractivity contribution in [2.24, 2.45) is 4.99 Å². The summed E-state index contributed by atoms with van der Waals surface area (Å²) >= 11 is 1.25. The number of benzene rings is 2. The largest absolute Gasteiger partial charge is 0.493 e. The van der Waals surface area contributed by atoms with Gasteiger partial charge in [0.2, 0.25) is 0 Å². The van der Waals surface area contributed by atoms with Crippen LogP contribution in [0.2, 0.25) is 0 Å². The van der Waals surface area contributed by atoms with Crippen LogP contribution in [-0.2, 0) is 9.53 Å². The molecule has 41 heavy (non-hydrogen) atoms. The molecule has 0 N–H and O–H groups in total. The zero-order valence-electron chi connectivity index (χ0n) is 24.6. The predicted molar refractivity (Wildman–Crippen MR) is 158 cm³/mol. The number of aromatic nitrogens is 1. The molecule has 0 radical (unpaired) electrons. The molecular formula is C31H36N2O7S. The van der Waals surface area contributed by atoms with Crippen LogP contribution in [0.25, 0.3) is 6.08 Å². The van der Waals surface area contributed by atoms with Crippen LogP contribution in [0.15, 0.2) is 57.5 Å². The van der Waals surface area contributed by atoms with E-state index in [1.165, 1.54) is 11.3 Å². The molecule has 1 atom stereocenters. The van der Waals surface area contributed by atoms with Crippen molar-refractivity contribution in [1.29, 1.82) is 0 Å². The quantitative estimate of drug-likeness (QED) is 0.328. The average Bonchev–Trinajstić information content (AvgIpc) is 3.22. The van der Waals surface area contributed by atoms with Gasteiger partial charge in [0, 0.05) is 0 Å². The normalized spacial score (nSPS) is 15.1. The predicted octanol–water partition coefficient (Wildman–Crippen LogP) is 4.39. The lowest BCUT2D eigenvalue weighted by Gasteiger charge is -2.25. The lowest BCUT2D eigenvalue weighted by atomic mass is 9.95. The van der Waals surface area contributed by atoms with Crippen LogP contribution in [-0.4, -0.2) is 43.6 Å². The Labute approximate surface area is 243 Å². The highest BCUT2D eigenvalue weighted by Gasteiger charge is 2.34. The Morgan fingerprint density at radius 2 is 1.59 bits per heavy atom. The van der Waals surface area contributed by atoms with Crippen molar-refractivity contribution in [3.05, 3.63) is 78.5 Å². The van der Waals surface area contributed by atoms with Crippen LogP contribution < -0.4 is 33.8 Å². The third-order valence-corrected chi connectivity index (χ3v) is 7.21. The Balaban J connectivity index is 1.90. The summed E-state index contributed by atoms with van der Waals surface area (Å²) in [7, 11) is 3.13. The first-order valence-corrected chi connectivity index (χ1v) is 14.3. The van der Waals surface area contributed by atoms with Gasteiger partial charge in [-0.3, -0.25) is 9.36 Å². The molecule has 2 aromatic carbocycles. The Bertz CT molecular complexity index is 1650. The first-order chi connectivity index (χ1) is 19.6. The summed E-state index contributed by atoms with van der Waals surface area (Å²) in [5.41, 5.74) is 1.93. The van der Waals surface area contributed by atoms with Gasteiger partial charge in [-0.05, 0) is 83.0 Å². The Morgan fingerprint density at radius 3 is 2.17 bits per heavy atom. The second-order valence-corrected chi connectivity index (χ2v) is 11.0. The molecule has 4 rings (SSSR count). The van der Waals surface area contributed by atoms with Gasteiger partial charge in [0.25, 0.3) is 5.56 Å². The molecule has 218 valence electrons. The van der Waals surface area contributed by atoms with Crippen molar-refractivity contribution >= 4 is 23.4 Å². The van der Waals surface area contributed by atoms with Gasteiger partial charge in [-0.15, -0.1) is 0 Å². The summed E-state index contributed by atoms with van der Waals surface area (Å²) in [6.45, 7) is 11.4. The number of carbonyl (C=O) groups excluding carboxylic acids is 1. The molecule has 0 spiro atoms. The number of hydrogen-bond donors (Lipinski definition) is 0. The van der Waals surface area contributed by atoms with E-state index in [1.54, 1.807) is 50.8 Å². The molecule has 0 saturated carbocycles. The maximum Gasteiger partial charge on any atom is 0.338 e. The van der Waals surface area contributed by atoms with Crippen molar-refractivity contribution in [2.75, 3.05) is 20.8 Å². The van der Waals surface area contributed by atoms with Gasteiger partial charge in [-0.25, -0.2) is 9.79 Å². The Hall–Kier alpha value is -4.05. The molecule has 1 aromatic heterocycles. The van der Waals surface area contributed by atoms with Crippen LogP contribution in [0, 0.1) is 0 Å². The molecule has 9 nitrogen and oxygen atoms in total. The van der Waals surface area contributed by atoms with Crippen molar-refractivity contribution in [2.45, 2.75) is 59.8 Å². The minimum Gasteiger partial charge on any atom is -0.493 e. The van der Waals surface area contributed by atoms with Crippen LogP contribution in [0.3, 0.4) is 0 Å². The standard InChI is InChI=1S/C31H36N2O7S/c1-9-38-30(35)27-19(6)32-31-33(28(27)21-11-13-23(40-18(4)5)25(16-21)37-8)29(34)26(41-31)15-20-10-12-22(39-17(2)3)24(14-20)36-7/h10-18,28H,9H2,1-8H3/b26-15-/t28-/m1/s1. The van der Waals surface area contributed by atoms with Gasteiger partial charge in [-0.1, -0.05) is 23.5 Å². The number of methoxy groups -OCH3 is 2. The van der Waals surface area contributed by atoms with Crippen molar-refractivity contribution < 1.29 is 28.5 Å². The maximum absolute atomic E-state index is 14.0. The molecular weight excluding hydrogens is 544 g/mol. The van der Waals surface area contributed by atoms with Gasteiger partial charge in [0.15, 0.2) is 27.8 Å². The highest BCUT2D eigenvalue weighted by atomic mass is 32.1. The van der Waals surface area contributed by atoms with E-state index in [4.69, 9.17) is 23.7 Å². The van der Waals surface area contributed by atoms with E-state index in [0.29, 0.717) is 49.2 Å². The zero-order chi connectivity index (χ0) is 29.8. The van der Waals surface area contributed by atoms with E-state index >= 15 is 0 Å². The van der Waals surface area contributed by atoms with Crippen LogP contribution in [0.4, 0.5) is 0 Å². The molecule has 0 amide bonds. The fraction of sp³-hybridized carbons (Fsp3) is 0.387. The van der Waals surface area contributed by atoms with Crippen LogP contribution >= 0.6 is 11.3 Å². The first-order valence-electron chi connectivity index (χ1n) is 13.5. The third-order valence-electron chi connectivity index (χ3n) is 6.23. The maximum atomic E-state index is 14.0. The van der Waals surface area contributed by atoms with E-state index in [1.807, 2.05) is 52.0 Å². The smallest absolute Gasteiger partial charge is 0.338 e. The van der Waals surface area contributed by atoms with Gasteiger partial charge < -0.3 is 23.7 Å². The molecule has 0 fully saturated rings. The number of thiazole rings is 1. The number of nitrogens with zero attached hydrogens (tertiary/aromatic N) is 2. The summed E-state index contributed by atoms with van der Waals surface area (Å²) in [6, 6.07) is 10.1. The number of carbonyl (C=O) groups is 1. The van der Waals surface area contributed by atoms with E-state index in [0.717, 1.165) is 5.56 Å². The molecule has 1 aliphatic rings. The molecule has 10 heteroatoms. The van der Waals surface area contributed by atoms with Gasteiger partial charge in [-0.2, -0.15) is 0 Å². The Kier molecular flexibility index (Phi) is 9.22. The lowest BCUT2D eigenvalue weighted by Crippen LogP contribution is -2.40. The molecule has 1 aliphatic heterocycles. The second-order valence-electron chi connectivity index (χ2n) is 9.96. The minimum atomic E-state index is -0.772. The second kappa shape index (κ2) is 12.6. The van der Waals surface area contributed by atoms with Crippen molar-refractivity contribution in [1.82, 2.24) is 4.57 Å². The molecule has 0 saturated heterocycles. The zero-order valence-corrected chi connectivity index (χ0v) is 25.5. The van der Waals surface area contributed by atoms with E-state index < -0.39 is 12.0 Å². The number of fused-ring (bicyclic) bond motifs is 1. The highest BCUT2D eigenvalue weighted by Crippen LogP contribution is 2.36. The highest BCUT2D eigenvalue weighted by molar-refractivity contribution is 7.07. The molecule has 0 bridgehead atoms. The van der Waals surface area contributed by atoms with Gasteiger partial charge in [0.05, 0.1) is 54.9 Å². The van der Waals surface area contributed by atoms with E-state index in [-0.39, 0.29) is 24.4 Å². The van der Waals surface area contributed by atoms with Crippen LogP contribution in [0.1, 0.15) is 58.7 Å².